The molecule has 1 unspecified atom stereocenters. The van der Waals surface area contributed by atoms with Gasteiger partial charge in [-0.2, -0.15) is 0 Å². The van der Waals surface area contributed by atoms with Crippen LogP contribution in [0.2, 0.25) is 5.02 Å². The maximum atomic E-state index is 12.6. The van der Waals surface area contributed by atoms with Crippen molar-refractivity contribution in [1.82, 2.24) is 4.90 Å². The van der Waals surface area contributed by atoms with Crippen molar-refractivity contribution in [3.63, 3.8) is 0 Å². The Morgan fingerprint density at radius 2 is 1.77 bits per heavy atom. The number of amides is 1. The van der Waals surface area contributed by atoms with Gasteiger partial charge in [0.05, 0.1) is 5.25 Å². The molecule has 0 saturated carbocycles. The molecule has 0 heterocycles. The quantitative estimate of drug-likeness (QED) is 0.688. The number of benzene rings is 2. The van der Waals surface area contributed by atoms with Crippen molar-refractivity contribution in [3.05, 3.63) is 59.1 Å². The Balaban J connectivity index is 1.89. The molecule has 2 aromatic carbocycles. The molecule has 2 rings (SSSR count). The van der Waals surface area contributed by atoms with E-state index in [0.717, 1.165) is 10.5 Å². The number of halogens is 1. The molecular weight excluding hydrogens is 374 g/mol. The van der Waals surface area contributed by atoms with Crippen LogP contribution in [0.3, 0.4) is 0 Å². The van der Waals surface area contributed by atoms with Crippen LogP contribution >= 0.6 is 23.4 Å². The number of rotatable bonds is 8. The van der Waals surface area contributed by atoms with Crippen LogP contribution in [0.15, 0.2) is 53.4 Å². The first kappa shape index (κ1) is 20.1. The molecule has 26 heavy (non-hydrogen) atoms. The summed E-state index contributed by atoms with van der Waals surface area (Å²) in [6, 6.07) is 14.4. The third-order valence-electron chi connectivity index (χ3n) is 3.56. The van der Waals surface area contributed by atoms with Crippen LogP contribution < -0.4 is 4.74 Å². The van der Waals surface area contributed by atoms with Crippen molar-refractivity contribution in [2.45, 2.75) is 23.6 Å². The Hall–Kier alpha value is -2.18. The van der Waals surface area contributed by atoms with Crippen LogP contribution in [0.4, 0.5) is 0 Å². The second-order valence-corrected chi connectivity index (χ2v) is 7.59. The number of hydrogen-bond donors (Lipinski definition) is 1. The summed E-state index contributed by atoms with van der Waals surface area (Å²) in [5, 5.41) is 9.05. The van der Waals surface area contributed by atoms with E-state index in [4.69, 9.17) is 21.4 Å². The summed E-state index contributed by atoms with van der Waals surface area (Å²) in [4.78, 5) is 25.7. The summed E-state index contributed by atoms with van der Waals surface area (Å²) in [5.74, 6) is -0.514. The molecule has 2 aromatic rings. The normalized spacial score (nSPS) is 11.7. The molecule has 1 amide bonds. The first-order chi connectivity index (χ1) is 12.3. The van der Waals surface area contributed by atoms with Crippen molar-refractivity contribution in [3.8, 4) is 5.75 Å². The van der Waals surface area contributed by atoms with Gasteiger partial charge in [-0.15, -0.1) is 11.8 Å². The third kappa shape index (κ3) is 6.28. The number of carboxylic acid groups (broad SMARTS) is 1. The SMILES string of the molecule is CC(Sc1ccc(Cl)cc1)C(=O)N(C)Cc1ccc(OCC(=O)O)cc1. The predicted molar refractivity (Wildman–Crippen MR) is 103 cm³/mol. The number of carboxylic acids is 1. The van der Waals surface area contributed by atoms with Gasteiger partial charge in [-0.1, -0.05) is 23.7 Å². The number of carbonyl (C=O) groups excluding carboxylic acids is 1. The highest BCUT2D eigenvalue weighted by Crippen LogP contribution is 2.26. The lowest BCUT2D eigenvalue weighted by molar-refractivity contribution is -0.139. The number of hydrogen-bond acceptors (Lipinski definition) is 4. The second-order valence-electron chi connectivity index (χ2n) is 5.73. The van der Waals surface area contributed by atoms with Crippen LogP contribution in [0.5, 0.6) is 5.75 Å². The minimum absolute atomic E-state index is 0.0242. The van der Waals surface area contributed by atoms with Crippen LogP contribution in [-0.4, -0.2) is 40.8 Å². The van der Waals surface area contributed by atoms with E-state index in [0.29, 0.717) is 17.3 Å². The van der Waals surface area contributed by atoms with Gasteiger partial charge >= 0.3 is 5.97 Å². The van der Waals surface area contributed by atoms with Crippen molar-refractivity contribution >= 4 is 35.2 Å². The fourth-order valence-corrected chi connectivity index (χ4v) is 3.37. The summed E-state index contributed by atoms with van der Waals surface area (Å²) < 4.78 is 5.10. The Bertz CT molecular complexity index is 749. The topological polar surface area (TPSA) is 66.8 Å². The molecule has 7 heteroatoms. The molecule has 0 aliphatic carbocycles. The van der Waals surface area contributed by atoms with E-state index < -0.39 is 5.97 Å². The molecule has 1 N–H and O–H groups in total. The molecule has 138 valence electrons. The lowest BCUT2D eigenvalue weighted by Gasteiger charge is -2.21. The molecule has 5 nitrogen and oxygen atoms in total. The molecule has 0 spiro atoms. The van der Waals surface area contributed by atoms with E-state index in [1.165, 1.54) is 11.8 Å². The van der Waals surface area contributed by atoms with Crippen LogP contribution in [0, 0.1) is 0 Å². The van der Waals surface area contributed by atoms with E-state index in [2.05, 4.69) is 0 Å². The summed E-state index contributed by atoms with van der Waals surface area (Å²) in [7, 11) is 1.76. The van der Waals surface area contributed by atoms with Crippen LogP contribution in [-0.2, 0) is 16.1 Å². The Morgan fingerprint density at radius 1 is 1.15 bits per heavy atom. The number of nitrogens with zero attached hydrogens (tertiary/aromatic N) is 1. The van der Waals surface area contributed by atoms with Gasteiger partial charge in [0.1, 0.15) is 5.75 Å². The summed E-state index contributed by atoms with van der Waals surface area (Å²) in [5.41, 5.74) is 0.937. The Labute approximate surface area is 161 Å². The smallest absolute Gasteiger partial charge is 0.341 e. The van der Waals surface area contributed by atoms with Gasteiger partial charge < -0.3 is 14.7 Å². The minimum atomic E-state index is -1.02. The molecular formula is C19H20ClNO4S. The zero-order valence-electron chi connectivity index (χ0n) is 14.5. The third-order valence-corrected chi connectivity index (χ3v) is 4.91. The van der Waals surface area contributed by atoms with E-state index in [-0.39, 0.29) is 17.8 Å². The summed E-state index contributed by atoms with van der Waals surface area (Å²) >= 11 is 7.36. The van der Waals surface area contributed by atoms with E-state index in [1.54, 1.807) is 36.2 Å². The highest BCUT2D eigenvalue weighted by Gasteiger charge is 2.19. The van der Waals surface area contributed by atoms with Gasteiger partial charge in [0.25, 0.3) is 0 Å². The zero-order chi connectivity index (χ0) is 19.1. The number of carbonyl (C=O) groups is 2. The minimum Gasteiger partial charge on any atom is -0.482 e. The van der Waals surface area contributed by atoms with E-state index >= 15 is 0 Å². The Morgan fingerprint density at radius 3 is 2.35 bits per heavy atom. The highest BCUT2D eigenvalue weighted by atomic mass is 35.5. The molecule has 1 atom stereocenters. The van der Waals surface area contributed by atoms with Gasteiger partial charge in [0.15, 0.2) is 6.61 Å². The predicted octanol–water partition coefficient (Wildman–Crippen LogP) is 3.94. The largest absolute Gasteiger partial charge is 0.482 e. The molecule has 0 saturated heterocycles. The molecule has 0 fully saturated rings. The van der Waals surface area contributed by atoms with Gasteiger partial charge in [-0.05, 0) is 48.9 Å². The molecule has 0 radical (unpaired) electrons. The standard InChI is InChI=1S/C19H20ClNO4S/c1-13(26-17-9-5-15(20)6-10-17)19(24)21(2)11-14-3-7-16(8-4-14)25-12-18(22)23/h3-10,13H,11-12H2,1-2H3,(H,22,23). The van der Waals surface area contributed by atoms with Gasteiger partial charge in [-0.3, -0.25) is 4.79 Å². The first-order valence-corrected chi connectivity index (χ1v) is 9.21. The fraction of sp³-hybridized carbons (Fsp3) is 0.263. The molecule has 0 aromatic heterocycles. The van der Waals surface area contributed by atoms with Gasteiger partial charge in [-0.25, -0.2) is 4.79 Å². The summed E-state index contributed by atoms with van der Waals surface area (Å²) in [6.07, 6.45) is 0. The van der Waals surface area contributed by atoms with Crippen LogP contribution in [0.25, 0.3) is 0 Å². The molecule has 0 aliphatic rings. The maximum absolute atomic E-state index is 12.6. The van der Waals surface area contributed by atoms with E-state index in [1.807, 2.05) is 31.2 Å². The molecule has 0 bridgehead atoms. The number of ether oxygens (including phenoxy) is 1. The zero-order valence-corrected chi connectivity index (χ0v) is 16.1. The van der Waals surface area contributed by atoms with E-state index in [9.17, 15) is 9.59 Å². The maximum Gasteiger partial charge on any atom is 0.341 e. The first-order valence-electron chi connectivity index (χ1n) is 7.96. The Kier molecular flexibility index (Phi) is 7.36. The second kappa shape index (κ2) is 9.50. The van der Waals surface area contributed by atoms with Gasteiger partial charge in [0, 0.05) is 23.5 Å². The van der Waals surface area contributed by atoms with Crippen molar-refractivity contribution < 1.29 is 19.4 Å². The highest BCUT2D eigenvalue weighted by molar-refractivity contribution is 8.00. The molecule has 0 aliphatic heterocycles. The monoisotopic (exact) mass is 393 g/mol. The number of thioether (sulfide) groups is 1. The lowest BCUT2D eigenvalue weighted by Crippen LogP contribution is -2.32. The van der Waals surface area contributed by atoms with Crippen molar-refractivity contribution in [2.75, 3.05) is 13.7 Å². The van der Waals surface area contributed by atoms with Crippen molar-refractivity contribution in [2.24, 2.45) is 0 Å². The van der Waals surface area contributed by atoms with Gasteiger partial charge in [0.2, 0.25) is 5.91 Å². The van der Waals surface area contributed by atoms with Crippen molar-refractivity contribution in [1.29, 1.82) is 0 Å². The number of aliphatic carboxylic acids is 1. The fourth-order valence-electron chi connectivity index (χ4n) is 2.27. The summed E-state index contributed by atoms with van der Waals surface area (Å²) in [6.45, 7) is 1.96. The van der Waals surface area contributed by atoms with Crippen LogP contribution in [0.1, 0.15) is 12.5 Å². The average molecular weight is 394 g/mol. The average Bonchev–Trinajstić information content (AvgIpc) is 2.62. The lowest BCUT2D eigenvalue weighted by atomic mass is 10.2.